The average Bonchev–Trinajstić information content (AvgIpc) is 2.88. The van der Waals surface area contributed by atoms with Crippen LogP contribution in [0.4, 0.5) is 0 Å². The number of piperidine rings is 1. The van der Waals surface area contributed by atoms with Crippen LogP contribution in [0.3, 0.4) is 0 Å². The van der Waals surface area contributed by atoms with E-state index in [4.69, 9.17) is 10.3 Å². The summed E-state index contributed by atoms with van der Waals surface area (Å²) in [6.45, 7) is 7.49. The second-order valence-electron chi connectivity index (χ2n) is 5.73. The van der Waals surface area contributed by atoms with Crippen molar-refractivity contribution in [3.63, 3.8) is 0 Å². The van der Waals surface area contributed by atoms with Crippen LogP contribution in [0.15, 0.2) is 4.52 Å². The number of likely N-dealkylation sites (tertiary alicyclic amines) is 1. The zero-order valence-corrected chi connectivity index (χ0v) is 12.1. The van der Waals surface area contributed by atoms with E-state index in [1.54, 1.807) is 0 Å². The summed E-state index contributed by atoms with van der Waals surface area (Å²) < 4.78 is 5.29. The monoisotopic (exact) mass is 266 g/mol. The highest BCUT2D eigenvalue weighted by atomic mass is 16.5. The highest BCUT2D eigenvalue weighted by Crippen LogP contribution is 2.15. The van der Waals surface area contributed by atoms with Gasteiger partial charge in [0.2, 0.25) is 5.89 Å². The van der Waals surface area contributed by atoms with E-state index in [9.17, 15) is 0 Å². The van der Waals surface area contributed by atoms with Gasteiger partial charge in [0.25, 0.3) is 0 Å². The van der Waals surface area contributed by atoms with Crippen molar-refractivity contribution in [2.45, 2.75) is 52.0 Å². The normalized spacial score (nSPS) is 20.4. The highest BCUT2D eigenvalue weighted by Gasteiger charge is 2.19. The number of hydrogen-bond acceptors (Lipinski definition) is 5. The average molecular weight is 266 g/mol. The maximum atomic E-state index is 6.18. The number of aromatic nitrogens is 2. The quantitative estimate of drug-likeness (QED) is 0.854. The van der Waals surface area contributed by atoms with Gasteiger partial charge in [-0.3, -0.25) is 0 Å². The molecule has 108 valence electrons. The summed E-state index contributed by atoms with van der Waals surface area (Å²) in [6.07, 6.45) is 5.86. The van der Waals surface area contributed by atoms with Crippen molar-refractivity contribution in [2.75, 3.05) is 19.6 Å². The fourth-order valence-corrected chi connectivity index (χ4v) is 2.45. The van der Waals surface area contributed by atoms with Gasteiger partial charge in [-0.2, -0.15) is 4.98 Å². The molecule has 1 aromatic rings. The van der Waals surface area contributed by atoms with Crippen LogP contribution in [0, 0.1) is 5.92 Å². The largest absolute Gasteiger partial charge is 0.339 e. The Morgan fingerprint density at radius 3 is 2.74 bits per heavy atom. The van der Waals surface area contributed by atoms with Gasteiger partial charge in [0.05, 0.1) is 6.04 Å². The van der Waals surface area contributed by atoms with Gasteiger partial charge in [0.1, 0.15) is 0 Å². The molecular formula is C14H26N4O. The topological polar surface area (TPSA) is 68.2 Å². The number of rotatable bonds is 6. The lowest BCUT2D eigenvalue weighted by molar-refractivity contribution is 0.213. The predicted molar refractivity (Wildman–Crippen MR) is 74.7 cm³/mol. The molecule has 0 amide bonds. The first kappa shape index (κ1) is 14.5. The minimum absolute atomic E-state index is 0.132. The van der Waals surface area contributed by atoms with Crippen LogP contribution in [0.2, 0.25) is 0 Å². The van der Waals surface area contributed by atoms with Gasteiger partial charge in [-0.15, -0.1) is 0 Å². The van der Waals surface area contributed by atoms with E-state index >= 15 is 0 Å². The zero-order chi connectivity index (χ0) is 13.7. The molecule has 2 rings (SSSR count). The van der Waals surface area contributed by atoms with Crippen LogP contribution in [-0.2, 0) is 6.42 Å². The molecule has 19 heavy (non-hydrogen) atoms. The van der Waals surface area contributed by atoms with E-state index in [1.807, 2.05) is 0 Å². The smallest absolute Gasteiger partial charge is 0.226 e. The molecule has 0 aromatic carbocycles. The highest BCUT2D eigenvalue weighted by molar-refractivity contribution is 4.95. The maximum Gasteiger partial charge on any atom is 0.226 e. The molecule has 1 saturated heterocycles. The van der Waals surface area contributed by atoms with E-state index in [0.29, 0.717) is 11.7 Å². The molecule has 1 aliphatic heterocycles. The summed E-state index contributed by atoms with van der Waals surface area (Å²) in [5.41, 5.74) is 6.18. The summed E-state index contributed by atoms with van der Waals surface area (Å²) in [4.78, 5) is 6.84. The third-order valence-corrected chi connectivity index (χ3v) is 3.94. The first-order valence-corrected chi connectivity index (χ1v) is 7.49. The van der Waals surface area contributed by atoms with Crippen LogP contribution in [0.1, 0.15) is 57.3 Å². The van der Waals surface area contributed by atoms with Crippen molar-refractivity contribution in [1.29, 1.82) is 0 Å². The van der Waals surface area contributed by atoms with Crippen molar-refractivity contribution in [3.8, 4) is 0 Å². The van der Waals surface area contributed by atoms with E-state index in [2.05, 4.69) is 28.9 Å². The van der Waals surface area contributed by atoms with Gasteiger partial charge in [0.15, 0.2) is 5.82 Å². The Morgan fingerprint density at radius 1 is 1.32 bits per heavy atom. The fraction of sp³-hybridized carbons (Fsp3) is 0.857. The van der Waals surface area contributed by atoms with E-state index < -0.39 is 0 Å². The zero-order valence-electron chi connectivity index (χ0n) is 12.1. The summed E-state index contributed by atoms with van der Waals surface area (Å²) in [5, 5.41) is 4.03. The molecule has 1 fully saturated rings. The van der Waals surface area contributed by atoms with E-state index in [1.165, 1.54) is 19.3 Å². The molecule has 1 aromatic heterocycles. The molecule has 0 aliphatic carbocycles. The van der Waals surface area contributed by atoms with Crippen LogP contribution in [-0.4, -0.2) is 34.7 Å². The molecule has 0 radical (unpaired) electrons. The Bertz CT molecular complexity index is 373. The Labute approximate surface area is 115 Å². The minimum Gasteiger partial charge on any atom is -0.339 e. The molecule has 0 saturated carbocycles. The third kappa shape index (κ3) is 4.28. The Kier molecular flexibility index (Phi) is 5.34. The summed E-state index contributed by atoms with van der Waals surface area (Å²) in [5.74, 6) is 1.95. The molecule has 5 heteroatoms. The van der Waals surface area contributed by atoms with Crippen LogP contribution < -0.4 is 5.73 Å². The molecule has 2 unspecified atom stereocenters. The van der Waals surface area contributed by atoms with Gasteiger partial charge in [-0.25, -0.2) is 0 Å². The Balaban J connectivity index is 1.86. The third-order valence-electron chi connectivity index (χ3n) is 3.94. The summed E-state index contributed by atoms with van der Waals surface area (Å²) >= 11 is 0. The minimum atomic E-state index is -0.132. The van der Waals surface area contributed by atoms with Crippen molar-refractivity contribution >= 4 is 0 Å². The standard InChI is InChI=1S/C14H26N4O/c1-3-11(2)9-13-16-14(17-19-13)12(15)10-18-7-5-4-6-8-18/h11-12H,3-10,15H2,1-2H3. The van der Waals surface area contributed by atoms with Crippen LogP contribution >= 0.6 is 0 Å². The molecule has 2 N–H and O–H groups in total. The predicted octanol–water partition coefficient (Wildman–Crippen LogP) is 2.14. The first-order valence-electron chi connectivity index (χ1n) is 7.49. The fourth-order valence-electron chi connectivity index (χ4n) is 2.45. The van der Waals surface area contributed by atoms with Crippen molar-refractivity contribution in [3.05, 3.63) is 11.7 Å². The van der Waals surface area contributed by atoms with Crippen molar-refractivity contribution in [1.82, 2.24) is 15.0 Å². The summed E-state index contributed by atoms with van der Waals surface area (Å²) in [7, 11) is 0. The first-order chi connectivity index (χ1) is 9.19. The molecule has 2 atom stereocenters. The molecule has 2 heterocycles. The lowest BCUT2D eigenvalue weighted by Gasteiger charge is -2.27. The van der Waals surface area contributed by atoms with Gasteiger partial charge in [0, 0.05) is 13.0 Å². The number of nitrogens with two attached hydrogens (primary N) is 1. The van der Waals surface area contributed by atoms with Gasteiger partial charge >= 0.3 is 0 Å². The van der Waals surface area contributed by atoms with Gasteiger partial charge < -0.3 is 15.2 Å². The van der Waals surface area contributed by atoms with Gasteiger partial charge in [-0.05, 0) is 31.8 Å². The Hall–Kier alpha value is -0.940. The van der Waals surface area contributed by atoms with Crippen molar-refractivity contribution < 1.29 is 4.52 Å². The molecule has 0 bridgehead atoms. The maximum absolute atomic E-state index is 6.18. The van der Waals surface area contributed by atoms with E-state index in [0.717, 1.165) is 38.4 Å². The molecule has 0 spiro atoms. The lowest BCUT2D eigenvalue weighted by Crippen LogP contribution is -2.36. The van der Waals surface area contributed by atoms with Crippen molar-refractivity contribution in [2.24, 2.45) is 11.7 Å². The van der Waals surface area contributed by atoms with Gasteiger partial charge in [-0.1, -0.05) is 31.8 Å². The SMILES string of the molecule is CCC(C)Cc1nc(C(N)CN2CCCCC2)no1. The molecular weight excluding hydrogens is 240 g/mol. The second kappa shape index (κ2) is 7.01. The van der Waals surface area contributed by atoms with E-state index in [-0.39, 0.29) is 6.04 Å². The second-order valence-corrected chi connectivity index (χ2v) is 5.73. The Morgan fingerprint density at radius 2 is 2.05 bits per heavy atom. The summed E-state index contributed by atoms with van der Waals surface area (Å²) in [6, 6.07) is -0.132. The molecule has 5 nitrogen and oxygen atoms in total. The molecule has 1 aliphatic rings. The lowest BCUT2D eigenvalue weighted by atomic mass is 10.1. The number of hydrogen-bond donors (Lipinski definition) is 1. The van der Waals surface area contributed by atoms with Crippen LogP contribution in [0.5, 0.6) is 0 Å². The van der Waals surface area contributed by atoms with Crippen LogP contribution in [0.25, 0.3) is 0 Å². The number of nitrogens with zero attached hydrogens (tertiary/aromatic N) is 3.